The van der Waals surface area contributed by atoms with Gasteiger partial charge in [-0.2, -0.15) is 0 Å². The highest BCUT2D eigenvalue weighted by Crippen LogP contribution is 2.19. The molecule has 6 nitrogen and oxygen atoms in total. The maximum Gasteiger partial charge on any atom is 0.238 e. The van der Waals surface area contributed by atoms with E-state index in [1.54, 1.807) is 19.9 Å². The molecule has 122 valence electrons. The highest BCUT2D eigenvalue weighted by Gasteiger charge is 2.22. The molecule has 1 atom stereocenters. The monoisotopic (exact) mass is 325 g/mol. The van der Waals surface area contributed by atoms with Gasteiger partial charge in [-0.25, -0.2) is 0 Å². The van der Waals surface area contributed by atoms with Crippen LogP contribution in [0, 0.1) is 12.8 Å². The quantitative estimate of drug-likeness (QED) is 0.899. The van der Waals surface area contributed by atoms with Crippen LogP contribution in [0.4, 0.5) is 5.82 Å². The summed E-state index contributed by atoms with van der Waals surface area (Å²) >= 11 is 1.35. The molecule has 7 heteroatoms. The fourth-order valence-electron chi connectivity index (χ4n) is 2.27. The summed E-state index contributed by atoms with van der Waals surface area (Å²) in [5.41, 5.74) is 0. The lowest BCUT2D eigenvalue weighted by Gasteiger charge is -2.30. The van der Waals surface area contributed by atoms with E-state index in [1.807, 2.05) is 4.90 Å². The van der Waals surface area contributed by atoms with Gasteiger partial charge in [-0.15, -0.1) is 11.8 Å². The molecule has 0 aromatic carbocycles. The van der Waals surface area contributed by atoms with E-state index in [2.05, 4.69) is 17.4 Å². The lowest BCUT2D eigenvalue weighted by molar-refractivity contribution is -0.129. The topological polar surface area (TPSA) is 75.4 Å². The van der Waals surface area contributed by atoms with Gasteiger partial charge < -0.3 is 14.7 Å². The van der Waals surface area contributed by atoms with Crippen LogP contribution in [0.15, 0.2) is 10.6 Å². The molecular formula is C15H23N3O3S. The summed E-state index contributed by atoms with van der Waals surface area (Å²) in [5, 5.41) is 6.09. The van der Waals surface area contributed by atoms with Gasteiger partial charge >= 0.3 is 0 Å². The molecule has 1 aliphatic heterocycles. The molecule has 2 heterocycles. The predicted octanol–water partition coefficient (Wildman–Crippen LogP) is 2.30. The van der Waals surface area contributed by atoms with Crippen molar-refractivity contribution in [3.8, 4) is 0 Å². The Morgan fingerprint density at radius 1 is 1.50 bits per heavy atom. The fraction of sp³-hybridized carbons (Fsp3) is 0.667. The van der Waals surface area contributed by atoms with E-state index in [4.69, 9.17) is 4.52 Å². The van der Waals surface area contributed by atoms with Crippen LogP contribution in [-0.4, -0.2) is 46.0 Å². The van der Waals surface area contributed by atoms with E-state index >= 15 is 0 Å². The molecule has 0 spiro atoms. The molecule has 1 N–H and O–H groups in total. The van der Waals surface area contributed by atoms with Crippen molar-refractivity contribution in [1.82, 2.24) is 10.1 Å². The average Bonchev–Trinajstić information content (AvgIpc) is 2.90. The summed E-state index contributed by atoms with van der Waals surface area (Å²) in [5.74, 6) is 2.04. The number of carbonyl (C=O) groups is 2. The number of nitrogens with zero attached hydrogens (tertiary/aromatic N) is 2. The van der Waals surface area contributed by atoms with Crippen LogP contribution in [0.5, 0.6) is 0 Å². The van der Waals surface area contributed by atoms with E-state index in [-0.39, 0.29) is 17.1 Å². The number of thioether (sulfide) groups is 1. The minimum atomic E-state index is -0.315. The summed E-state index contributed by atoms with van der Waals surface area (Å²) < 4.78 is 4.90. The Labute approximate surface area is 135 Å². The SMILES string of the molecule is Cc1cc(NC(=O)C(C)SCC(=O)N2CCC(C)CC2)no1. The van der Waals surface area contributed by atoms with E-state index in [9.17, 15) is 9.59 Å². The third kappa shape index (κ3) is 4.76. The number of hydrogen-bond donors (Lipinski definition) is 1. The first-order valence-electron chi connectivity index (χ1n) is 7.59. The second-order valence-electron chi connectivity index (χ2n) is 5.83. The van der Waals surface area contributed by atoms with Crippen LogP contribution in [0.25, 0.3) is 0 Å². The van der Waals surface area contributed by atoms with Crippen LogP contribution in [0.1, 0.15) is 32.4 Å². The summed E-state index contributed by atoms with van der Waals surface area (Å²) in [4.78, 5) is 26.1. The lowest BCUT2D eigenvalue weighted by Crippen LogP contribution is -2.39. The van der Waals surface area contributed by atoms with Crippen LogP contribution in [-0.2, 0) is 9.59 Å². The average molecular weight is 325 g/mol. The number of hydrogen-bond acceptors (Lipinski definition) is 5. The number of rotatable bonds is 5. The number of piperidine rings is 1. The summed E-state index contributed by atoms with van der Waals surface area (Å²) in [7, 11) is 0. The number of amides is 2. The van der Waals surface area contributed by atoms with Crippen molar-refractivity contribution in [2.24, 2.45) is 5.92 Å². The summed E-state index contributed by atoms with van der Waals surface area (Å²) in [6, 6.07) is 1.66. The Kier molecular flexibility index (Phi) is 5.88. The second-order valence-corrected chi connectivity index (χ2v) is 7.16. The van der Waals surface area contributed by atoms with Crippen molar-refractivity contribution in [2.45, 2.75) is 38.9 Å². The van der Waals surface area contributed by atoms with Gasteiger partial charge in [-0.1, -0.05) is 12.1 Å². The Morgan fingerprint density at radius 3 is 2.77 bits per heavy atom. The molecule has 1 aliphatic rings. The van der Waals surface area contributed by atoms with Crippen LogP contribution in [0.3, 0.4) is 0 Å². The lowest BCUT2D eigenvalue weighted by atomic mass is 9.99. The van der Waals surface area contributed by atoms with E-state index in [1.165, 1.54) is 11.8 Å². The third-order valence-corrected chi connectivity index (χ3v) is 4.97. The smallest absolute Gasteiger partial charge is 0.238 e. The standard InChI is InChI=1S/C15H23N3O3S/c1-10-4-6-18(7-5-10)14(19)9-22-12(3)15(20)16-13-8-11(2)21-17-13/h8,10,12H,4-7,9H2,1-3H3,(H,16,17,20). The fourth-order valence-corrected chi connectivity index (χ4v) is 3.06. The minimum Gasteiger partial charge on any atom is -0.360 e. The zero-order valence-electron chi connectivity index (χ0n) is 13.3. The summed E-state index contributed by atoms with van der Waals surface area (Å²) in [6.07, 6.45) is 2.13. The minimum absolute atomic E-state index is 0.119. The third-order valence-electron chi connectivity index (χ3n) is 3.84. The molecule has 2 rings (SSSR count). The molecule has 1 aromatic rings. The Balaban J connectivity index is 1.73. The van der Waals surface area contributed by atoms with Crippen LogP contribution in [0.2, 0.25) is 0 Å². The zero-order chi connectivity index (χ0) is 16.1. The van der Waals surface area contributed by atoms with Gasteiger partial charge in [-0.3, -0.25) is 9.59 Å². The zero-order valence-corrected chi connectivity index (χ0v) is 14.1. The van der Waals surface area contributed by atoms with Gasteiger partial charge in [0.05, 0.1) is 11.0 Å². The van der Waals surface area contributed by atoms with E-state index in [0.717, 1.165) is 25.9 Å². The first-order valence-corrected chi connectivity index (χ1v) is 8.64. The Morgan fingerprint density at radius 2 is 2.18 bits per heavy atom. The molecule has 0 aliphatic carbocycles. The maximum absolute atomic E-state index is 12.1. The molecule has 0 saturated carbocycles. The van der Waals surface area contributed by atoms with Crippen LogP contribution >= 0.6 is 11.8 Å². The number of likely N-dealkylation sites (tertiary alicyclic amines) is 1. The van der Waals surface area contributed by atoms with Crippen molar-refractivity contribution in [3.63, 3.8) is 0 Å². The molecule has 1 aromatic heterocycles. The first kappa shape index (κ1) is 16.9. The molecular weight excluding hydrogens is 302 g/mol. The molecule has 1 unspecified atom stereocenters. The van der Waals surface area contributed by atoms with E-state index in [0.29, 0.717) is 23.2 Å². The summed E-state index contributed by atoms with van der Waals surface area (Å²) in [6.45, 7) is 7.44. The van der Waals surface area contributed by atoms with E-state index < -0.39 is 0 Å². The highest BCUT2D eigenvalue weighted by atomic mass is 32.2. The van der Waals surface area contributed by atoms with Crippen molar-refractivity contribution < 1.29 is 14.1 Å². The first-order chi connectivity index (χ1) is 10.5. The van der Waals surface area contributed by atoms with Gasteiger partial charge in [0.25, 0.3) is 0 Å². The van der Waals surface area contributed by atoms with Gasteiger partial charge in [0.15, 0.2) is 5.82 Å². The van der Waals surface area contributed by atoms with Crippen LogP contribution < -0.4 is 5.32 Å². The molecule has 0 radical (unpaired) electrons. The van der Waals surface area contributed by atoms with Gasteiger partial charge in [0.1, 0.15) is 5.76 Å². The number of aromatic nitrogens is 1. The molecule has 22 heavy (non-hydrogen) atoms. The largest absolute Gasteiger partial charge is 0.360 e. The number of anilines is 1. The van der Waals surface area contributed by atoms with Crippen molar-refractivity contribution in [1.29, 1.82) is 0 Å². The van der Waals surface area contributed by atoms with Crippen molar-refractivity contribution >= 4 is 29.4 Å². The normalized spacial score (nSPS) is 17.3. The number of nitrogens with one attached hydrogen (secondary N) is 1. The Hall–Kier alpha value is -1.50. The molecule has 2 amide bonds. The maximum atomic E-state index is 12.1. The van der Waals surface area contributed by atoms with Gasteiger partial charge in [0.2, 0.25) is 11.8 Å². The van der Waals surface area contributed by atoms with Gasteiger partial charge in [0, 0.05) is 19.2 Å². The van der Waals surface area contributed by atoms with Crippen molar-refractivity contribution in [2.75, 3.05) is 24.2 Å². The van der Waals surface area contributed by atoms with Gasteiger partial charge in [-0.05, 0) is 32.6 Å². The predicted molar refractivity (Wildman–Crippen MR) is 86.8 cm³/mol. The molecule has 1 fully saturated rings. The van der Waals surface area contributed by atoms with Crippen molar-refractivity contribution in [3.05, 3.63) is 11.8 Å². The number of aryl methyl sites for hydroxylation is 1. The second kappa shape index (κ2) is 7.67. The Bertz CT molecular complexity index is 524. The molecule has 0 bridgehead atoms. The molecule has 1 saturated heterocycles. The number of carbonyl (C=O) groups excluding carboxylic acids is 2. The highest BCUT2D eigenvalue weighted by molar-refractivity contribution is 8.01.